The number of hydrogen-bond donors (Lipinski definition) is 4. The van der Waals surface area contributed by atoms with E-state index in [-0.39, 0.29) is 36.3 Å². The van der Waals surface area contributed by atoms with E-state index in [4.69, 9.17) is 9.47 Å². The van der Waals surface area contributed by atoms with Crippen molar-refractivity contribution in [2.24, 2.45) is 29.6 Å². The van der Waals surface area contributed by atoms with Crippen molar-refractivity contribution in [3.05, 3.63) is 0 Å². The van der Waals surface area contributed by atoms with Gasteiger partial charge in [-0.1, -0.05) is 48.0 Å². The molecular weight excluding hydrogens is 530 g/mol. The summed E-state index contributed by atoms with van der Waals surface area (Å²) in [5, 5.41) is 41.9. The van der Waals surface area contributed by atoms with Crippen molar-refractivity contribution in [2.45, 2.75) is 142 Å². The van der Waals surface area contributed by atoms with Gasteiger partial charge in [-0.05, 0) is 75.0 Å². The highest BCUT2D eigenvalue weighted by atomic mass is 16.6. The van der Waals surface area contributed by atoms with E-state index in [1.807, 2.05) is 34.6 Å². The van der Waals surface area contributed by atoms with Crippen LogP contribution in [0.2, 0.25) is 0 Å². The minimum atomic E-state index is -2.23. The standard InChI is InChI=1S/C31H53NO9/c1-7-18(4)24-14-11-20(6)31(39,41-24)28(36)29(37)32-15-9-8-10-22(32)30(38)40-27(17(2)3)19(5)16-21-12-13-23(33)26(35)25(21)34/h17-27,33-35,39H,7-16H2,1-6H3. The summed E-state index contributed by atoms with van der Waals surface area (Å²) >= 11 is 0. The van der Waals surface area contributed by atoms with Gasteiger partial charge < -0.3 is 34.8 Å². The molecule has 236 valence electrons. The van der Waals surface area contributed by atoms with E-state index in [0.29, 0.717) is 51.4 Å². The Hall–Kier alpha value is -1.59. The third kappa shape index (κ3) is 7.50. The zero-order chi connectivity index (χ0) is 30.6. The van der Waals surface area contributed by atoms with Crippen molar-refractivity contribution in [1.29, 1.82) is 0 Å². The molecule has 4 N–H and O–H groups in total. The first-order valence-corrected chi connectivity index (χ1v) is 15.7. The van der Waals surface area contributed by atoms with Gasteiger partial charge in [0.25, 0.3) is 11.7 Å². The number of aliphatic hydroxyl groups excluding tert-OH is 3. The Morgan fingerprint density at radius 2 is 1.66 bits per heavy atom. The Labute approximate surface area is 244 Å². The van der Waals surface area contributed by atoms with Gasteiger partial charge in [-0.15, -0.1) is 0 Å². The average molecular weight is 584 g/mol. The van der Waals surface area contributed by atoms with Gasteiger partial charge in [0.15, 0.2) is 0 Å². The zero-order valence-electron chi connectivity index (χ0n) is 25.7. The van der Waals surface area contributed by atoms with E-state index in [2.05, 4.69) is 0 Å². The second-order valence-corrected chi connectivity index (χ2v) is 13.3. The molecule has 0 aromatic heterocycles. The number of likely N-dealkylation sites (tertiary alicyclic amines) is 1. The van der Waals surface area contributed by atoms with Gasteiger partial charge in [0.05, 0.1) is 18.3 Å². The summed E-state index contributed by atoms with van der Waals surface area (Å²) in [6, 6.07) is -0.946. The first-order chi connectivity index (χ1) is 19.2. The van der Waals surface area contributed by atoms with E-state index in [1.165, 1.54) is 4.90 Å². The molecule has 0 radical (unpaired) electrons. The molecule has 0 spiro atoms. The molecule has 0 aromatic rings. The Bertz CT molecular complexity index is 912. The second kappa shape index (κ2) is 14.3. The van der Waals surface area contributed by atoms with Crippen LogP contribution in [0.4, 0.5) is 0 Å². The molecule has 41 heavy (non-hydrogen) atoms. The summed E-state index contributed by atoms with van der Waals surface area (Å²) in [5.74, 6) is -5.67. The number of amides is 1. The molecule has 0 bridgehead atoms. The van der Waals surface area contributed by atoms with Crippen LogP contribution in [0.3, 0.4) is 0 Å². The second-order valence-electron chi connectivity index (χ2n) is 13.3. The number of aliphatic hydroxyl groups is 4. The maximum atomic E-state index is 13.6. The summed E-state index contributed by atoms with van der Waals surface area (Å²) in [5.41, 5.74) is 0. The summed E-state index contributed by atoms with van der Waals surface area (Å²) in [6.07, 6.45) is 1.12. The molecular formula is C31H53NO9. The number of ketones is 1. The number of piperidine rings is 1. The molecule has 1 amide bonds. The maximum absolute atomic E-state index is 13.6. The number of esters is 1. The van der Waals surface area contributed by atoms with Gasteiger partial charge in [0.1, 0.15) is 18.2 Å². The zero-order valence-corrected chi connectivity index (χ0v) is 25.7. The Morgan fingerprint density at radius 1 is 0.976 bits per heavy atom. The molecule has 2 aliphatic heterocycles. The molecule has 11 unspecified atom stereocenters. The van der Waals surface area contributed by atoms with Crippen LogP contribution >= 0.6 is 0 Å². The maximum Gasteiger partial charge on any atom is 0.329 e. The molecule has 10 heteroatoms. The highest BCUT2D eigenvalue weighted by Crippen LogP contribution is 2.38. The number of carbonyl (C=O) groups is 3. The van der Waals surface area contributed by atoms with Gasteiger partial charge in [-0.25, -0.2) is 4.79 Å². The van der Waals surface area contributed by atoms with Gasteiger partial charge in [-0.3, -0.25) is 9.59 Å². The number of hydrogen-bond acceptors (Lipinski definition) is 9. The fourth-order valence-corrected chi connectivity index (χ4v) is 6.88. The van der Waals surface area contributed by atoms with Crippen molar-refractivity contribution < 1.29 is 44.3 Å². The molecule has 2 heterocycles. The SMILES string of the molecule is CCC(C)C1CCC(C)C(O)(C(=O)C(=O)N2CCCCC2C(=O)OC(C(C)C)C(C)CC2CCC(O)C(O)C2O)O1. The number of nitrogens with zero attached hydrogens (tertiary/aromatic N) is 1. The van der Waals surface area contributed by atoms with Crippen molar-refractivity contribution in [1.82, 2.24) is 4.90 Å². The third-order valence-electron chi connectivity index (χ3n) is 9.92. The van der Waals surface area contributed by atoms with Crippen molar-refractivity contribution in [3.8, 4) is 0 Å². The number of ether oxygens (including phenoxy) is 2. The average Bonchev–Trinajstić information content (AvgIpc) is 2.95. The van der Waals surface area contributed by atoms with Gasteiger partial charge in [0, 0.05) is 12.5 Å². The smallest absolute Gasteiger partial charge is 0.329 e. The Balaban J connectivity index is 1.72. The summed E-state index contributed by atoms with van der Waals surface area (Å²) in [7, 11) is 0. The fraction of sp³-hybridized carbons (Fsp3) is 0.903. The molecule has 1 saturated carbocycles. The molecule has 11 atom stereocenters. The Morgan fingerprint density at radius 3 is 2.29 bits per heavy atom. The minimum absolute atomic E-state index is 0.0609. The van der Waals surface area contributed by atoms with Crippen LogP contribution in [0.15, 0.2) is 0 Å². The van der Waals surface area contributed by atoms with E-state index in [9.17, 15) is 34.8 Å². The molecule has 3 fully saturated rings. The van der Waals surface area contributed by atoms with Crippen molar-refractivity contribution in [3.63, 3.8) is 0 Å². The molecule has 1 aliphatic carbocycles. The minimum Gasteiger partial charge on any atom is -0.460 e. The van der Waals surface area contributed by atoms with Crippen LogP contribution in [0.5, 0.6) is 0 Å². The highest BCUT2D eigenvalue weighted by molar-refractivity contribution is 6.39. The lowest BCUT2D eigenvalue weighted by Crippen LogP contribution is -2.61. The summed E-state index contributed by atoms with van der Waals surface area (Å²) in [4.78, 5) is 41.9. The monoisotopic (exact) mass is 583 g/mol. The van der Waals surface area contributed by atoms with Gasteiger partial charge in [-0.2, -0.15) is 0 Å². The van der Waals surface area contributed by atoms with Gasteiger partial charge in [0.2, 0.25) is 5.79 Å². The van der Waals surface area contributed by atoms with E-state index in [0.717, 1.165) is 6.42 Å². The number of carbonyl (C=O) groups excluding carboxylic acids is 3. The lowest BCUT2D eigenvalue weighted by atomic mass is 9.76. The largest absolute Gasteiger partial charge is 0.460 e. The number of rotatable bonds is 10. The first-order valence-electron chi connectivity index (χ1n) is 15.7. The van der Waals surface area contributed by atoms with Crippen LogP contribution in [-0.2, 0) is 23.9 Å². The van der Waals surface area contributed by atoms with Crippen LogP contribution in [0.1, 0.15) is 99.3 Å². The predicted octanol–water partition coefficient (Wildman–Crippen LogP) is 2.57. The molecule has 10 nitrogen and oxygen atoms in total. The van der Waals surface area contributed by atoms with Crippen molar-refractivity contribution in [2.75, 3.05) is 6.54 Å². The normalized spacial score (nSPS) is 36.9. The predicted molar refractivity (Wildman–Crippen MR) is 151 cm³/mol. The van der Waals surface area contributed by atoms with Gasteiger partial charge >= 0.3 is 5.97 Å². The van der Waals surface area contributed by atoms with E-state index >= 15 is 0 Å². The van der Waals surface area contributed by atoms with Crippen LogP contribution in [-0.4, -0.2) is 91.9 Å². The molecule has 3 rings (SSSR count). The lowest BCUT2D eigenvalue weighted by molar-refractivity contribution is -0.270. The topological polar surface area (TPSA) is 154 Å². The van der Waals surface area contributed by atoms with E-state index < -0.39 is 59.8 Å². The molecule has 2 saturated heterocycles. The lowest BCUT2D eigenvalue weighted by Gasteiger charge is -2.43. The summed E-state index contributed by atoms with van der Waals surface area (Å²) < 4.78 is 11.9. The first kappa shape index (κ1) is 33.9. The quantitative estimate of drug-likeness (QED) is 0.224. The third-order valence-corrected chi connectivity index (χ3v) is 9.92. The van der Waals surface area contributed by atoms with Crippen LogP contribution in [0.25, 0.3) is 0 Å². The Kier molecular flexibility index (Phi) is 11.8. The molecule has 3 aliphatic rings. The van der Waals surface area contributed by atoms with E-state index in [1.54, 1.807) is 6.92 Å². The van der Waals surface area contributed by atoms with Crippen LogP contribution < -0.4 is 0 Å². The van der Waals surface area contributed by atoms with Crippen LogP contribution in [0, 0.1) is 29.6 Å². The highest BCUT2D eigenvalue weighted by Gasteiger charge is 2.53. The fourth-order valence-electron chi connectivity index (χ4n) is 6.88. The molecule has 0 aromatic carbocycles. The summed E-state index contributed by atoms with van der Waals surface area (Å²) in [6.45, 7) is 11.7. The van der Waals surface area contributed by atoms with Crippen molar-refractivity contribution >= 4 is 17.7 Å². The number of Topliss-reactive ketones (excluding diaryl/α,β-unsaturated/α-hetero) is 1.